The molecule has 1 aromatic heterocycles. The molecule has 0 bridgehead atoms. The molecule has 0 saturated carbocycles. The SMILES string of the molecule is O=C(c1[nH]c2ccc(Cl)cc2c1Cl)N1CCC(NS(=O)(=O)c2ccccc2)CC1. The van der Waals surface area contributed by atoms with Crippen LogP contribution >= 0.6 is 23.2 Å². The number of carbonyl (C=O) groups excluding carboxylic acids is 1. The number of nitrogens with zero attached hydrogens (tertiary/aromatic N) is 1. The lowest BCUT2D eigenvalue weighted by Gasteiger charge is -2.32. The van der Waals surface area contributed by atoms with E-state index in [0.29, 0.717) is 47.1 Å². The maximum Gasteiger partial charge on any atom is 0.271 e. The maximum absolute atomic E-state index is 12.9. The van der Waals surface area contributed by atoms with Crippen molar-refractivity contribution in [2.24, 2.45) is 0 Å². The van der Waals surface area contributed by atoms with Gasteiger partial charge in [0.25, 0.3) is 5.91 Å². The minimum atomic E-state index is -3.57. The Morgan fingerprint density at radius 1 is 1.07 bits per heavy atom. The zero-order chi connectivity index (χ0) is 20.6. The van der Waals surface area contributed by atoms with Crippen molar-refractivity contribution >= 4 is 50.0 Å². The molecule has 1 aliphatic heterocycles. The topological polar surface area (TPSA) is 82.3 Å². The van der Waals surface area contributed by atoms with Gasteiger partial charge in [-0.25, -0.2) is 13.1 Å². The number of H-pyrrole nitrogens is 1. The monoisotopic (exact) mass is 451 g/mol. The summed E-state index contributed by atoms with van der Waals surface area (Å²) < 4.78 is 27.7. The summed E-state index contributed by atoms with van der Waals surface area (Å²) in [6.07, 6.45) is 1.06. The number of likely N-dealkylation sites (tertiary alicyclic amines) is 1. The number of sulfonamides is 1. The van der Waals surface area contributed by atoms with E-state index in [0.717, 1.165) is 5.52 Å². The molecule has 1 fully saturated rings. The van der Waals surface area contributed by atoms with Gasteiger partial charge >= 0.3 is 0 Å². The minimum Gasteiger partial charge on any atom is -0.349 e. The molecule has 2 N–H and O–H groups in total. The molecule has 6 nitrogen and oxygen atoms in total. The summed E-state index contributed by atoms with van der Waals surface area (Å²) in [4.78, 5) is 17.9. The van der Waals surface area contributed by atoms with Crippen LogP contribution < -0.4 is 4.72 Å². The van der Waals surface area contributed by atoms with Gasteiger partial charge in [0.1, 0.15) is 5.69 Å². The summed E-state index contributed by atoms with van der Waals surface area (Å²) in [5, 5.41) is 1.59. The van der Waals surface area contributed by atoms with Crippen molar-refractivity contribution in [3.63, 3.8) is 0 Å². The molecule has 0 aliphatic carbocycles. The van der Waals surface area contributed by atoms with Gasteiger partial charge in [0.05, 0.1) is 9.92 Å². The molecule has 9 heteroatoms. The Kier molecular flexibility index (Phi) is 5.57. The third kappa shape index (κ3) is 4.14. The minimum absolute atomic E-state index is 0.202. The van der Waals surface area contributed by atoms with Crippen LogP contribution in [0.25, 0.3) is 10.9 Å². The number of carbonyl (C=O) groups is 1. The Labute approximate surface area is 178 Å². The number of fused-ring (bicyclic) bond motifs is 1. The van der Waals surface area contributed by atoms with Crippen LogP contribution in [0.5, 0.6) is 0 Å². The fraction of sp³-hybridized carbons (Fsp3) is 0.250. The molecule has 2 heterocycles. The first kappa shape index (κ1) is 20.2. The molecule has 152 valence electrons. The van der Waals surface area contributed by atoms with E-state index in [1.54, 1.807) is 53.4 Å². The second kappa shape index (κ2) is 7.99. The first-order chi connectivity index (χ1) is 13.8. The summed E-state index contributed by atoms with van der Waals surface area (Å²) in [5.41, 5.74) is 1.07. The average molecular weight is 452 g/mol. The van der Waals surface area contributed by atoms with Gasteiger partial charge in [-0.2, -0.15) is 0 Å². The third-order valence-electron chi connectivity index (χ3n) is 5.07. The molecule has 3 aromatic rings. The number of aromatic nitrogens is 1. The van der Waals surface area contributed by atoms with E-state index in [9.17, 15) is 13.2 Å². The van der Waals surface area contributed by atoms with Crippen molar-refractivity contribution in [1.29, 1.82) is 0 Å². The van der Waals surface area contributed by atoms with Crippen molar-refractivity contribution in [3.05, 3.63) is 64.3 Å². The summed E-state index contributed by atoms with van der Waals surface area (Å²) in [5.74, 6) is -0.202. The smallest absolute Gasteiger partial charge is 0.271 e. The average Bonchev–Trinajstić information content (AvgIpc) is 3.04. The van der Waals surface area contributed by atoms with Gasteiger partial charge in [0.2, 0.25) is 10.0 Å². The molecular formula is C20H19Cl2N3O3S. The number of halogens is 2. The van der Waals surface area contributed by atoms with Crippen molar-refractivity contribution < 1.29 is 13.2 Å². The highest BCUT2D eigenvalue weighted by Crippen LogP contribution is 2.31. The molecule has 29 heavy (non-hydrogen) atoms. The molecule has 0 radical (unpaired) electrons. The number of piperidine rings is 1. The number of amides is 1. The number of benzene rings is 2. The first-order valence-corrected chi connectivity index (χ1v) is 11.4. The molecule has 0 unspecified atom stereocenters. The van der Waals surface area contributed by atoms with Crippen molar-refractivity contribution in [2.45, 2.75) is 23.8 Å². The van der Waals surface area contributed by atoms with Gasteiger partial charge < -0.3 is 9.88 Å². The van der Waals surface area contributed by atoms with Crippen LogP contribution in [-0.4, -0.2) is 43.3 Å². The van der Waals surface area contributed by atoms with Crippen LogP contribution in [0.2, 0.25) is 10.0 Å². The van der Waals surface area contributed by atoms with Gasteiger partial charge in [0, 0.05) is 35.1 Å². The second-order valence-corrected chi connectivity index (χ2v) is 9.53. The van der Waals surface area contributed by atoms with Crippen LogP contribution in [0, 0.1) is 0 Å². The van der Waals surface area contributed by atoms with E-state index in [1.165, 1.54) is 0 Å². The standard InChI is InChI=1S/C20H19Cl2N3O3S/c21-13-6-7-17-16(12-13)18(22)19(23-17)20(26)25-10-8-14(9-11-25)24-29(27,28)15-4-2-1-3-5-15/h1-7,12,14,23-24H,8-11H2. The predicted molar refractivity (Wildman–Crippen MR) is 114 cm³/mol. The Bertz CT molecular complexity index is 1150. The van der Waals surface area contributed by atoms with E-state index < -0.39 is 10.0 Å². The Hall–Kier alpha value is -2.06. The summed E-state index contributed by atoms with van der Waals surface area (Å²) >= 11 is 12.4. The lowest BCUT2D eigenvalue weighted by molar-refractivity contribution is 0.0706. The number of hydrogen-bond donors (Lipinski definition) is 2. The lowest BCUT2D eigenvalue weighted by atomic mass is 10.1. The normalized spacial score (nSPS) is 15.7. The number of aromatic amines is 1. The van der Waals surface area contributed by atoms with Crippen LogP contribution in [0.15, 0.2) is 53.4 Å². The molecule has 2 aromatic carbocycles. The van der Waals surface area contributed by atoms with Crippen LogP contribution in [0.3, 0.4) is 0 Å². The van der Waals surface area contributed by atoms with E-state index in [2.05, 4.69) is 9.71 Å². The van der Waals surface area contributed by atoms with Gasteiger partial charge in [-0.05, 0) is 43.2 Å². The number of rotatable bonds is 4. The third-order valence-corrected chi connectivity index (χ3v) is 7.23. The summed E-state index contributed by atoms with van der Waals surface area (Å²) in [6, 6.07) is 13.3. The Balaban J connectivity index is 1.43. The van der Waals surface area contributed by atoms with Gasteiger partial charge in [0.15, 0.2) is 0 Å². The van der Waals surface area contributed by atoms with Gasteiger partial charge in [-0.15, -0.1) is 0 Å². The summed E-state index contributed by atoms with van der Waals surface area (Å²) in [6.45, 7) is 0.876. The van der Waals surface area contributed by atoms with E-state index in [-0.39, 0.29) is 16.8 Å². The Morgan fingerprint density at radius 3 is 2.45 bits per heavy atom. The predicted octanol–water partition coefficient (Wildman–Crippen LogP) is 4.06. The van der Waals surface area contributed by atoms with Gasteiger partial charge in [-0.3, -0.25) is 4.79 Å². The van der Waals surface area contributed by atoms with E-state index in [4.69, 9.17) is 23.2 Å². The highest BCUT2D eigenvalue weighted by molar-refractivity contribution is 7.89. The Morgan fingerprint density at radius 2 is 1.76 bits per heavy atom. The van der Waals surface area contributed by atoms with Crippen molar-refractivity contribution in [3.8, 4) is 0 Å². The van der Waals surface area contributed by atoms with Gasteiger partial charge in [-0.1, -0.05) is 41.4 Å². The molecule has 1 saturated heterocycles. The summed E-state index contributed by atoms with van der Waals surface area (Å²) in [7, 11) is -3.57. The van der Waals surface area contributed by atoms with E-state index in [1.807, 2.05) is 0 Å². The second-order valence-electron chi connectivity index (χ2n) is 7.00. The maximum atomic E-state index is 12.9. The first-order valence-electron chi connectivity index (χ1n) is 9.18. The quantitative estimate of drug-likeness (QED) is 0.627. The zero-order valence-corrected chi connectivity index (χ0v) is 17.7. The highest BCUT2D eigenvalue weighted by atomic mass is 35.5. The number of hydrogen-bond acceptors (Lipinski definition) is 3. The highest BCUT2D eigenvalue weighted by Gasteiger charge is 2.29. The van der Waals surface area contributed by atoms with Crippen LogP contribution in [-0.2, 0) is 10.0 Å². The molecular weight excluding hydrogens is 433 g/mol. The van der Waals surface area contributed by atoms with Crippen LogP contribution in [0.1, 0.15) is 23.3 Å². The van der Waals surface area contributed by atoms with Crippen molar-refractivity contribution in [1.82, 2.24) is 14.6 Å². The fourth-order valence-electron chi connectivity index (χ4n) is 3.52. The molecule has 0 atom stereocenters. The van der Waals surface area contributed by atoms with Crippen molar-refractivity contribution in [2.75, 3.05) is 13.1 Å². The van der Waals surface area contributed by atoms with Crippen LogP contribution in [0.4, 0.5) is 0 Å². The fourth-order valence-corrected chi connectivity index (χ4v) is 5.31. The molecule has 1 aliphatic rings. The molecule has 0 spiro atoms. The molecule has 1 amide bonds. The largest absolute Gasteiger partial charge is 0.349 e. The zero-order valence-electron chi connectivity index (χ0n) is 15.4. The van der Waals surface area contributed by atoms with E-state index >= 15 is 0 Å². The lowest BCUT2D eigenvalue weighted by Crippen LogP contribution is -2.46. The molecule has 4 rings (SSSR count). The number of nitrogens with one attached hydrogen (secondary N) is 2.